The fourth-order valence-electron chi connectivity index (χ4n) is 1.08. The minimum Gasteiger partial charge on any atom is -0.259 e. The van der Waals surface area contributed by atoms with Gasteiger partial charge in [0.2, 0.25) is 0 Å². The van der Waals surface area contributed by atoms with Gasteiger partial charge in [-0.3, -0.25) is 4.98 Å². The molecular weight excluding hydrogens is 193 g/mol. The molecule has 0 aromatic carbocycles. The molecule has 2 aromatic heterocycles. The Morgan fingerprint density at radius 1 is 1.27 bits per heavy atom. The third-order valence-corrected chi connectivity index (χ3v) is 1.68. The lowest BCUT2D eigenvalue weighted by Gasteiger charge is -1.99. The van der Waals surface area contributed by atoms with Crippen LogP contribution in [-0.2, 0) is 0 Å². The highest BCUT2D eigenvalue weighted by atomic mass is 19.1. The van der Waals surface area contributed by atoms with Crippen LogP contribution in [0.2, 0.25) is 0 Å². The van der Waals surface area contributed by atoms with E-state index in [1.165, 1.54) is 12.3 Å². The predicted molar refractivity (Wildman–Crippen MR) is 57.4 cm³/mol. The minimum atomic E-state index is -0.356. The molecule has 0 fully saturated rings. The maximum Gasteiger partial charge on any atom is 0.143 e. The number of halogens is 1. The average molecular weight is 207 g/mol. The number of aromatic nitrogens is 3. The largest absolute Gasteiger partial charge is 0.259 e. The number of pyridine rings is 1. The van der Waals surface area contributed by atoms with E-state index < -0.39 is 0 Å². The summed E-state index contributed by atoms with van der Waals surface area (Å²) in [5.41, 5.74) is 1.53. The highest BCUT2D eigenvalue weighted by Gasteiger charge is 1.99. The summed E-state index contributed by atoms with van der Waals surface area (Å²) >= 11 is 0. The zero-order valence-electron chi connectivity index (χ0n) is 9.11. The molecule has 0 bridgehead atoms. The van der Waals surface area contributed by atoms with Crippen LogP contribution in [0.15, 0.2) is 30.7 Å². The van der Waals surface area contributed by atoms with Gasteiger partial charge in [0.15, 0.2) is 0 Å². The van der Waals surface area contributed by atoms with E-state index in [2.05, 4.69) is 10.1 Å². The van der Waals surface area contributed by atoms with Gasteiger partial charge in [0, 0.05) is 12.3 Å². The van der Waals surface area contributed by atoms with Crippen molar-refractivity contribution < 1.29 is 4.39 Å². The quantitative estimate of drug-likeness (QED) is 0.719. The van der Waals surface area contributed by atoms with Gasteiger partial charge >= 0.3 is 0 Å². The van der Waals surface area contributed by atoms with Crippen molar-refractivity contribution in [2.75, 3.05) is 0 Å². The van der Waals surface area contributed by atoms with Crippen LogP contribution in [0, 0.1) is 12.7 Å². The zero-order valence-corrected chi connectivity index (χ0v) is 9.11. The Morgan fingerprint density at radius 3 is 2.53 bits per heavy atom. The van der Waals surface area contributed by atoms with Gasteiger partial charge in [-0.15, -0.1) is 0 Å². The van der Waals surface area contributed by atoms with Crippen molar-refractivity contribution in [3.8, 4) is 5.69 Å². The summed E-state index contributed by atoms with van der Waals surface area (Å²) in [6, 6.07) is 3.24. The third kappa shape index (κ3) is 2.87. The Kier molecular flexibility index (Phi) is 3.97. The standard InChI is InChI=1S/C9H8FN3.C2H6/c1-7-2-3-13(12-7)9-4-8(10)5-11-6-9;1-2/h2-6H,1H3;1-2H3. The van der Waals surface area contributed by atoms with E-state index in [0.29, 0.717) is 5.69 Å². The van der Waals surface area contributed by atoms with Crippen LogP contribution >= 0.6 is 0 Å². The molecule has 0 spiro atoms. The molecule has 0 aliphatic carbocycles. The first-order valence-electron chi connectivity index (χ1n) is 4.89. The minimum absolute atomic E-state index is 0.356. The van der Waals surface area contributed by atoms with E-state index >= 15 is 0 Å². The van der Waals surface area contributed by atoms with Crippen LogP contribution in [0.5, 0.6) is 0 Å². The number of nitrogens with zero attached hydrogens (tertiary/aromatic N) is 3. The van der Waals surface area contributed by atoms with E-state index in [1.54, 1.807) is 17.1 Å². The monoisotopic (exact) mass is 207 g/mol. The third-order valence-electron chi connectivity index (χ3n) is 1.68. The summed E-state index contributed by atoms with van der Waals surface area (Å²) < 4.78 is 14.3. The van der Waals surface area contributed by atoms with E-state index in [0.717, 1.165) is 5.69 Å². The van der Waals surface area contributed by atoms with Gasteiger partial charge in [0.25, 0.3) is 0 Å². The lowest BCUT2D eigenvalue weighted by molar-refractivity contribution is 0.618. The van der Waals surface area contributed by atoms with Crippen molar-refractivity contribution >= 4 is 0 Å². The maximum absolute atomic E-state index is 12.8. The average Bonchev–Trinajstić information content (AvgIpc) is 2.68. The fourth-order valence-corrected chi connectivity index (χ4v) is 1.08. The van der Waals surface area contributed by atoms with E-state index in [4.69, 9.17) is 0 Å². The summed E-state index contributed by atoms with van der Waals surface area (Å²) in [6.45, 7) is 5.88. The number of rotatable bonds is 1. The fraction of sp³-hybridized carbons (Fsp3) is 0.273. The van der Waals surface area contributed by atoms with E-state index in [9.17, 15) is 4.39 Å². The number of aryl methyl sites for hydroxylation is 1. The normalized spacial score (nSPS) is 9.33. The molecule has 80 valence electrons. The Hall–Kier alpha value is -1.71. The van der Waals surface area contributed by atoms with Gasteiger partial charge in [0.1, 0.15) is 5.82 Å². The topological polar surface area (TPSA) is 30.7 Å². The number of hydrogen-bond donors (Lipinski definition) is 0. The zero-order chi connectivity index (χ0) is 11.3. The molecule has 0 aliphatic rings. The molecule has 0 unspecified atom stereocenters. The van der Waals surface area contributed by atoms with E-state index in [1.807, 2.05) is 26.8 Å². The molecule has 15 heavy (non-hydrogen) atoms. The SMILES string of the molecule is CC.Cc1ccn(-c2cncc(F)c2)n1. The van der Waals surface area contributed by atoms with Crippen LogP contribution in [-0.4, -0.2) is 14.8 Å². The van der Waals surface area contributed by atoms with Gasteiger partial charge in [-0.2, -0.15) is 5.10 Å². The first kappa shape index (κ1) is 11.4. The van der Waals surface area contributed by atoms with Gasteiger partial charge in [-0.1, -0.05) is 13.8 Å². The van der Waals surface area contributed by atoms with Gasteiger partial charge in [-0.05, 0) is 13.0 Å². The van der Waals surface area contributed by atoms with Crippen molar-refractivity contribution in [1.29, 1.82) is 0 Å². The molecule has 3 nitrogen and oxygen atoms in total. The van der Waals surface area contributed by atoms with Crippen molar-refractivity contribution in [2.45, 2.75) is 20.8 Å². The van der Waals surface area contributed by atoms with Crippen molar-refractivity contribution in [3.05, 3.63) is 42.2 Å². The second kappa shape index (κ2) is 5.24. The first-order valence-corrected chi connectivity index (χ1v) is 4.89. The van der Waals surface area contributed by atoms with Crippen LogP contribution in [0.25, 0.3) is 5.69 Å². The molecule has 2 heterocycles. The second-order valence-electron chi connectivity index (χ2n) is 2.76. The molecule has 2 aromatic rings. The molecule has 2 rings (SSSR count). The molecule has 0 saturated carbocycles. The van der Waals surface area contributed by atoms with Crippen LogP contribution in [0.1, 0.15) is 19.5 Å². The molecular formula is C11H14FN3. The maximum atomic E-state index is 12.8. The number of hydrogen-bond acceptors (Lipinski definition) is 2. The van der Waals surface area contributed by atoms with Gasteiger partial charge in [0.05, 0.1) is 23.8 Å². The van der Waals surface area contributed by atoms with Gasteiger partial charge in [-0.25, -0.2) is 9.07 Å². The Morgan fingerprint density at radius 2 is 2.00 bits per heavy atom. The van der Waals surface area contributed by atoms with Crippen molar-refractivity contribution in [1.82, 2.24) is 14.8 Å². The van der Waals surface area contributed by atoms with Crippen LogP contribution in [0.4, 0.5) is 4.39 Å². The lowest BCUT2D eigenvalue weighted by atomic mass is 10.4. The molecule has 0 N–H and O–H groups in total. The Labute approximate surface area is 88.6 Å². The first-order chi connectivity index (χ1) is 7.25. The summed E-state index contributed by atoms with van der Waals surface area (Å²) in [5, 5.41) is 4.13. The Bertz CT molecular complexity index is 423. The molecule has 4 heteroatoms. The molecule has 0 atom stereocenters. The van der Waals surface area contributed by atoms with Crippen molar-refractivity contribution in [2.24, 2.45) is 0 Å². The molecule has 0 saturated heterocycles. The van der Waals surface area contributed by atoms with Crippen LogP contribution in [0.3, 0.4) is 0 Å². The molecule has 0 radical (unpaired) electrons. The highest BCUT2D eigenvalue weighted by Crippen LogP contribution is 2.06. The predicted octanol–water partition coefficient (Wildman–Crippen LogP) is 2.74. The Balaban J connectivity index is 0.000000531. The molecule has 0 amide bonds. The smallest absolute Gasteiger partial charge is 0.143 e. The summed E-state index contributed by atoms with van der Waals surface area (Å²) in [6.07, 6.45) is 4.50. The van der Waals surface area contributed by atoms with Crippen molar-refractivity contribution in [3.63, 3.8) is 0 Å². The highest BCUT2D eigenvalue weighted by molar-refractivity contribution is 5.27. The molecule has 0 aliphatic heterocycles. The summed E-state index contributed by atoms with van der Waals surface area (Å²) in [7, 11) is 0. The van der Waals surface area contributed by atoms with Crippen LogP contribution < -0.4 is 0 Å². The second-order valence-corrected chi connectivity index (χ2v) is 2.76. The van der Waals surface area contributed by atoms with Gasteiger partial charge < -0.3 is 0 Å². The lowest BCUT2D eigenvalue weighted by Crippen LogP contribution is -1.96. The van der Waals surface area contributed by atoms with E-state index in [-0.39, 0.29) is 5.82 Å². The summed E-state index contributed by atoms with van der Waals surface area (Å²) in [5.74, 6) is -0.356. The summed E-state index contributed by atoms with van der Waals surface area (Å²) in [4.78, 5) is 3.73.